The molecule has 88 valence electrons. The number of ether oxygens (including phenoxy) is 1. The summed E-state index contributed by atoms with van der Waals surface area (Å²) in [5, 5.41) is 3.24. The van der Waals surface area contributed by atoms with E-state index >= 15 is 0 Å². The number of nitrogens with one attached hydrogen (secondary N) is 1. The summed E-state index contributed by atoms with van der Waals surface area (Å²) in [6.07, 6.45) is 3.83. The molecule has 0 fully saturated rings. The first-order valence-corrected chi connectivity index (χ1v) is 5.39. The summed E-state index contributed by atoms with van der Waals surface area (Å²) in [5.74, 6) is 1.63. The van der Waals surface area contributed by atoms with Gasteiger partial charge in [0, 0.05) is 24.9 Å². The van der Waals surface area contributed by atoms with Gasteiger partial charge >= 0.3 is 0 Å². The Kier molecular flexibility index (Phi) is 4.92. The Morgan fingerprint density at radius 1 is 1.31 bits per heavy atom. The highest BCUT2D eigenvalue weighted by atomic mass is 16.5. The highest BCUT2D eigenvalue weighted by Crippen LogP contribution is 2.15. The molecule has 0 unspecified atom stereocenters. The first kappa shape index (κ1) is 12.6. The fourth-order valence-electron chi connectivity index (χ4n) is 1.32. The minimum atomic E-state index is 0.668. The third-order valence-corrected chi connectivity index (χ3v) is 2.32. The van der Waals surface area contributed by atoms with Gasteiger partial charge in [0.1, 0.15) is 5.82 Å². The maximum atomic E-state index is 4.99. The van der Waals surface area contributed by atoms with E-state index in [0.29, 0.717) is 6.61 Å². The van der Waals surface area contributed by atoms with Crippen LogP contribution in [0.5, 0.6) is 0 Å². The second-order valence-electron chi connectivity index (χ2n) is 3.56. The summed E-state index contributed by atoms with van der Waals surface area (Å²) in [6.45, 7) is 7.39. The lowest BCUT2D eigenvalue weighted by Gasteiger charge is -2.10. The quantitative estimate of drug-likeness (QED) is 0.774. The number of hydrogen-bond donors (Lipinski definition) is 1. The molecule has 1 aromatic rings. The van der Waals surface area contributed by atoms with Crippen molar-refractivity contribution >= 4 is 11.9 Å². The summed E-state index contributed by atoms with van der Waals surface area (Å²) in [4.78, 5) is 8.81. The van der Waals surface area contributed by atoms with Crippen LogP contribution >= 0.6 is 0 Å². The molecule has 0 aliphatic heterocycles. The molecule has 4 heteroatoms. The van der Waals surface area contributed by atoms with Crippen LogP contribution in [0, 0.1) is 13.8 Å². The molecule has 0 amide bonds. The Hall–Kier alpha value is -1.42. The van der Waals surface area contributed by atoms with E-state index in [2.05, 4.69) is 15.3 Å². The first-order valence-electron chi connectivity index (χ1n) is 5.39. The molecule has 0 aliphatic rings. The van der Waals surface area contributed by atoms with E-state index in [-0.39, 0.29) is 0 Å². The Balaban J connectivity index is 2.88. The lowest BCUT2D eigenvalue weighted by molar-refractivity contribution is 0.210. The standard InChI is InChI=1S/C12H19N3O/c1-5-6-11-14-10(3)9(2)12(15-11)13-7-8-16-4/h5-6H,7-8H2,1-4H3,(H,13,14,15)/b6-5+. The van der Waals surface area contributed by atoms with Crippen LogP contribution in [-0.2, 0) is 4.74 Å². The second-order valence-corrected chi connectivity index (χ2v) is 3.56. The maximum Gasteiger partial charge on any atom is 0.154 e. The maximum absolute atomic E-state index is 4.99. The smallest absolute Gasteiger partial charge is 0.154 e. The highest BCUT2D eigenvalue weighted by molar-refractivity contribution is 5.50. The Morgan fingerprint density at radius 2 is 2.06 bits per heavy atom. The molecular formula is C12H19N3O. The van der Waals surface area contributed by atoms with Gasteiger partial charge in [-0.1, -0.05) is 6.08 Å². The van der Waals surface area contributed by atoms with Gasteiger partial charge in [0.15, 0.2) is 5.82 Å². The van der Waals surface area contributed by atoms with E-state index in [9.17, 15) is 0 Å². The fourth-order valence-corrected chi connectivity index (χ4v) is 1.32. The van der Waals surface area contributed by atoms with Gasteiger partial charge in [-0.2, -0.15) is 0 Å². The van der Waals surface area contributed by atoms with Crippen molar-refractivity contribution in [2.45, 2.75) is 20.8 Å². The van der Waals surface area contributed by atoms with Gasteiger partial charge in [-0.25, -0.2) is 9.97 Å². The number of hydrogen-bond acceptors (Lipinski definition) is 4. The van der Waals surface area contributed by atoms with Crippen LogP contribution in [0.15, 0.2) is 6.08 Å². The Labute approximate surface area is 96.8 Å². The molecule has 4 nitrogen and oxygen atoms in total. The van der Waals surface area contributed by atoms with Gasteiger partial charge in [-0.15, -0.1) is 0 Å². The van der Waals surface area contributed by atoms with Crippen LogP contribution in [-0.4, -0.2) is 30.2 Å². The van der Waals surface area contributed by atoms with Crippen molar-refractivity contribution in [3.63, 3.8) is 0 Å². The lowest BCUT2D eigenvalue weighted by Crippen LogP contribution is -2.11. The van der Waals surface area contributed by atoms with E-state index in [0.717, 1.165) is 29.4 Å². The van der Waals surface area contributed by atoms with E-state index in [1.54, 1.807) is 7.11 Å². The molecule has 1 N–H and O–H groups in total. The van der Waals surface area contributed by atoms with Crippen LogP contribution in [0.2, 0.25) is 0 Å². The summed E-state index contributed by atoms with van der Waals surface area (Å²) in [6, 6.07) is 0. The van der Waals surface area contributed by atoms with Gasteiger partial charge in [0.2, 0.25) is 0 Å². The minimum Gasteiger partial charge on any atom is -0.383 e. The summed E-state index contributed by atoms with van der Waals surface area (Å²) >= 11 is 0. The SMILES string of the molecule is C/C=C/c1nc(C)c(C)c(NCCOC)n1. The molecule has 1 heterocycles. The van der Waals surface area contributed by atoms with Crippen LogP contribution in [0.3, 0.4) is 0 Å². The molecule has 1 rings (SSSR count). The van der Waals surface area contributed by atoms with Crippen LogP contribution in [0.25, 0.3) is 6.08 Å². The van der Waals surface area contributed by atoms with Gasteiger partial charge in [0.25, 0.3) is 0 Å². The largest absolute Gasteiger partial charge is 0.383 e. The number of methoxy groups -OCH3 is 1. The number of nitrogens with zero attached hydrogens (tertiary/aromatic N) is 2. The van der Waals surface area contributed by atoms with Gasteiger partial charge in [-0.3, -0.25) is 0 Å². The fraction of sp³-hybridized carbons (Fsp3) is 0.500. The van der Waals surface area contributed by atoms with Gasteiger partial charge < -0.3 is 10.1 Å². The summed E-state index contributed by atoms with van der Waals surface area (Å²) < 4.78 is 4.99. The topological polar surface area (TPSA) is 47.0 Å². The zero-order valence-corrected chi connectivity index (χ0v) is 10.4. The van der Waals surface area contributed by atoms with Crippen molar-refractivity contribution in [1.29, 1.82) is 0 Å². The predicted octanol–water partition coefficient (Wildman–Crippen LogP) is 2.18. The molecule has 16 heavy (non-hydrogen) atoms. The molecule has 0 saturated heterocycles. The van der Waals surface area contributed by atoms with Gasteiger partial charge in [-0.05, 0) is 26.8 Å². The number of aryl methyl sites for hydroxylation is 1. The molecule has 0 aromatic carbocycles. The number of anilines is 1. The van der Waals surface area contributed by atoms with Crippen molar-refractivity contribution < 1.29 is 4.74 Å². The summed E-state index contributed by atoms with van der Waals surface area (Å²) in [5.41, 5.74) is 2.09. The van der Waals surface area contributed by atoms with Crippen molar-refractivity contribution in [1.82, 2.24) is 9.97 Å². The average molecular weight is 221 g/mol. The molecule has 1 aromatic heterocycles. The van der Waals surface area contributed by atoms with Crippen LogP contribution in [0.4, 0.5) is 5.82 Å². The number of aromatic nitrogens is 2. The van der Waals surface area contributed by atoms with Gasteiger partial charge in [0.05, 0.1) is 6.61 Å². The highest BCUT2D eigenvalue weighted by Gasteiger charge is 2.05. The molecule has 0 bridgehead atoms. The Bertz CT molecular complexity index is 375. The van der Waals surface area contributed by atoms with Crippen LogP contribution < -0.4 is 5.32 Å². The zero-order valence-electron chi connectivity index (χ0n) is 10.4. The molecule has 0 atom stereocenters. The molecular weight excluding hydrogens is 202 g/mol. The normalized spacial score (nSPS) is 11.0. The second kappa shape index (κ2) is 6.23. The monoisotopic (exact) mass is 221 g/mol. The van der Waals surface area contributed by atoms with Crippen molar-refractivity contribution in [2.75, 3.05) is 25.6 Å². The van der Waals surface area contributed by atoms with E-state index in [4.69, 9.17) is 4.74 Å². The predicted molar refractivity (Wildman–Crippen MR) is 66.6 cm³/mol. The molecule has 0 saturated carbocycles. The number of allylic oxidation sites excluding steroid dienone is 1. The lowest BCUT2D eigenvalue weighted by atomic mass is 10.2. The first-order chi connectivity index (χ1) is 7.69. The minimum absolute atomic E-state index is 0.668. The Morgan fingerprint density at radius 3 is 2.69 bits per heavy atom. The van der Waals surface area contributed by atoms with Crippen molar-refractivity contribution in [3.05, 3.63) is 23.2 Å². The third kappa shape index (κ3) is 3.31. The van der Waals surface area contributed by atoms with Crippen molar-refractivity contribution in [2.24, 2.45) is 0 Å². The van der Waals surface area contributed by atoms with Crippen LogP contribution in [0.1, 0.15) is 24.0 Å². The van der Waals surface area contributed by atoms with Crippen molar-refractivity contribution in [3.8, 4) is 0 Å². The molecule has 0 radical (unpaired) electrons. The number of rotatable bonds is 5. The van der Waals surface area contributed by atoms with E-state index in [1.165, 1.54) is 0 Å². The van der Waals surface area contributed by atoms with E-state index in [1.807, 2.05) is 32.9 Å². The zero-order chi connectivity index (χ0) is 12.0. The average Bonchev–Trinajstić information content (AvgIpc) is 2.25. The molecule has 0 spiro atoms. The summed E-state index contributed by atoms with van der Waals surface area (Å²) in [7, 11) is 1.69. The van der Waals surface area contributed by atoms with E-state index < -0.39 is 0 Å². The molecule has 0 aliphatic carbocycles. The third-order valence-electron chi connectivity index (χ3n) is 2.32.